The Hall–Kier alpha value is -12.1. The summed E-state index contributed by atoms with van der Waals surface area (Å²) in [6, 6.07) is 55.9. The van der Waals surface area contributed by atoms with Gasteiger partial charge < -0.3 is 4.42 Å². The van der Waals surface area contributed by atoms with Crippen molar-refractivity contribution in [1.82, 2.24) is 64.4 Å². The zero-order valence-electron chi connectivity index (χ0n) is 98.3. The van der Waals surface area contributed by atoms with E-state index in [0.29, 0.717) is 87.3 Å². The third-order valence-electron chi connectivity index (χ3n) is 22.8. The van der Waals surface area contributed by atoms with Gasteiger partial charge in [0.25, 0.3) is 0 Å². The van der Waals surface area contributed by atoms with E-state index >= 15 is 0 Å². The summed E-state index contributed by atoms with van der Waals surface area (Å²) < 4.78 is 8.51. The van der Waals surface area contributed by atoms with Crippen LogP contribution in [-0.2, 0) is 35.8 Å². The molecule has 19 heteroatoms. The van der Waals surface area contributed by atoms with Gasteiger partial charge in [-0.3, -0.25) is 54.2 Å². The lowest BCUT2D eigenvalue weighted by atomic mass is 9.87. The van der Waals surface area contributed by atoms with E-state index in [2.05, 4.69) is 452 Å². The Morgan fingerprint density at radius 2 is 0.912 bits per heavy atom. The third-order valence-corrected chi connectivity index (χ3v) is 24.8. The van der Waals surface area contributed by atoms with Crippen molar-refractivity contribution < 1.29 is 4.42 Å². The van der Waals surface area contributed by atoms with Gasteiger partial charge in [0.1, 0.15) is 12.6 Å². The molecule has 14 aromatic rings. The lowest BCUT2D eigenvalue weighted by Gasteiger charge is -2.18. The Labute approximate surface area is 905 Å². The van der Waals surface area contributed by atoms with Crippen molar-refractivity contribution >= 4 is 51.2 Å². The van der Waals surface area contributed by atoms with Crippen molar-refractivity contribution in [2.24, 2.45) is 46.8 Å². The summed E-state index contributed by atoms with van der Waals surface area (Å²) in [5, 5.41) is 16.2. The Bertz CT molecular complexity index is 5470. The van der Waals surface area contributed by atoms with Gasteiger partial charge in [-0.15, -0.1) is 11.3 Å². The van der Waals surface area contributed by atoms with Crippen LogP contribution in [0.3, 0.4) is 0 Å². The Morgan fingerprint density at radius 3 is 1.20 bits per heavy atom. The topological polar surface area (TPSA) is 202 Å². The largest absolute Gasteiger partial charge is 0.451 e. The molecule has 12 aromatic heterocycles. The van der Waals surface area contributed by atoms with Gasteiger partial charge in [0.2, 0.25) is 0 Å². The van der Waals surface area contributed by atoms with Crippen molar-refractivity contribution in [2.45, 2.75) is 338 Å². The molecule has 0 spiro atoms. The first-order chi connectivity index (χ1) is 69.6. The lowest BCUT2D eigenvalue weighted by molar-refractivity contribution is 0.555. The smallest absolute Gasteiger partial charge is 0.180 e. The van der Waals surface area contributed by atoms with Crippen molar-refractivity contribution in [3.05, 3.63) is 387 Å². The Kier molecular flexibility index (Phi) is 63.8. The molecule has 0 aliphatic carbocycles. The molecule has 0 unspecified atom stereocenters. The first-order valence-corrected chi connectivity index (χ1v) is 54.7. The quantitative estimate of drug-likeness (QED) is 0.112. The molecule has 0 bridgehead atoms. The van der Waals surface area contributed by atoms with E-state index in [1.54, 1.807) is 30.1 Å². The predicted octanol–water partition coefficient (Wildman–Crippen LogP) is 35.8. The summed E-state index contributed by atoms with van der Waals surface area (Å²) in [5.41, 5.74) is 23.7. The maximum absolute atomic E-state index is 4.76. The number of oxazole rings is 1. The van der Waals surface area contributed by atoms with E-state index in [0.717, 1.165) is 47.9 Å². The second-order valence-electron chi connectivity index (χ2n) is 44.4. The van der Waals surface area contributed by atoms with Crippen LogP contribution in [0.5, 0.6) is 0 Å². The summed E-state index contributed by atoms with van der Waals surface area (Å²) in [5.74, 6) is 6.89. The molecule has 0 saturated carbocycles. The van der Waals surface area contributed by atoms with Crippen LogP contribution in [0.4, 0.5) is 0 Å². The highest BCUT2D eigenvalue weighted by molar-refractivity contribution is 7.10. The van der Waals surface area contributed by atoms with Crippen molar-refractivity contribution in [1.29, 1.82) is 0 Å². The van der Waals surface area contributed by atoms with Crippen molar-refractivity contribution in [3.8, 4) is 0 Å². The monoisotopic (exact) mass is 2040 g/mol. The number of aliphatic imine (C=N–C) groups is 3. The molecule has 0 fully saturated rings. The highest BCUT2D eigenvalue weighted by Crippen LogP contribution is 2.29. The number of hydrogen-bond acceptors (Lipinski definition) is 17. The highest BCUT2D eigenvalue weighted by Gasteiger charge is 2.17. The first-order valence-electron chi connectivity index (χ1n) is 52.9. The number of para-hydroxylation sites is 1. The number of aromatic nitrogens is 13. The second-order valence-corrected chi connectivity index (χ2v) is 46.1. The molecule has 0 saturated heterocycles. The molecule has 0 radical (unpaired) electrons. The molecule has 3 aliphatic heterocycles. The van der Waals surface area contributed by atoms with Crippen LogP contribution in [0.15, 0.2) is 328 Å². The number of allylic oxidation sites excluding steroid dienone is 3. The minimum Gasteiger partial charge on any atom is -0.451 e. The number of hydrogen-bond donors (Lipinski definition) is 0. The summed E-state index contributed by atoms with van der Waals surface area (Å²) in [6.07, 6.45) is 37.5. The number of benzene rings is 2. The maximum atomic E-state index is 4.76. The normalized spacial score (nSPS) is 12.0. The van der Waals surface area contributed by atoms with Crippen molar-refractivity contribution in [3.63, 3.8) is 0 Å². The van der Waals surface area contributed by atoms with E-state index in [1.165, 1.54) is 89.6 Å². The second kappa shape index (κ2) is 71.5. The van der Waals surface area contributed by atoms with E-state index in [-0.39, 0.29) is 5.41 Å². The van der Waals surface area contributed by atoms with Crippen LogP contribution in [0.25, 0.3) is 10.9 Å². The summed E-state index contributed by atoms with van der Waals surface area (Å²) in [6.45, 7) is 85.2. The van der Waals surface area contributed by atoms with Crippen LogP contribution in [0.2, 0.25) is 0 Å². The zero-order valence-corrected chi connectivity index (χ0v) is 99.9. The van der Waals surface area contributed by atoms with Gasteiger partial charge in [0, 0.05) is 139 Å². The minimum atomic E-state index is 0.182. The van der Waals surface area contributed by atoms with Crippen LogP contribution >= 0.6 is 22.7 Å². The van der Waals surface area contributed by atoms with Gasteiger partial charge in [-0.05, 0) is 265 Å². The number of rotatable bonds is 12. The summed E-state index contributed by atoms with van der Waals surface area (Å²) >= 11 is 3.60. The average molecular weight is 2040 g/mol. The van der Waals surface area contributed by atoms with Crippen LogP contribution < -0.4 is 0 Å². The molecule has 17 nitrogen and oxygen atoms in total. The Balaban J connectivity index is 0.000000534. The lowest BCUT2D eigenvalue weighted by Crippen LogP contribution is -2.12. The van der Waals surface area contributed by atoms with Crippen LogP contribution in [-0.4, -0.2) is 102 Å². The minimum absolute atomic E-state index is 0.182. The SMILES string of the molecule is CC(C)(C)c1ccccc1.CC(C)(C)c1ccccn1.CC(C)(C)c1cccs1.CC(C)(C)c1ccsc1.CC(C)C1=CCN=C1.CC(C)C1=NCC=C1.CC(C)c1ccccn1.CC(C)c1cccnc1.CC(C)c1ccn(C)n1.CC(C)c1ccncc1.CC(C)c1ccncc1.CC(C)c1cnc2ccccc2c1.CC(C)c1cncnc1.CC(C)c1cocn1.CC1=CC(C(C)C)=NC1.Cc1cc(C(C)C)nn1C. The fraction of sp³-hybridized carbons (Fsp3) is 0.457. The molecule has 0 N–H and O–H groups in total. The van der Waals surface area contributed by atoms with Gasteiger partial charge in [-0.25, -0.2) is 15.0 Å². The van der Waals surface area contributed by atoms with E-state index in [4.69, 9.17) is 4.42 Å². The zero-order chi connectivity index (χ0) is 111. The van der Waals surface area contributed by atoms with Gasteiger partial charge in [0.15, 0.2) is 6.39 Å². The summed E-state index contributed by atoms with van der Waals surface area (Å²) in [4.78, 5) is 50.5. The molecular weight excluding hydrogens is 1850 g/mol. The number of pyridine rings is 6. The molecule has 0 amide bonds. The summed E-state index contributed by atoms with van der Waals surface area (Å²) in [7, 11) is 3.91. The van der Waals surface area contributed by atoms with Gasteiger partial charge in [-0.1, -0.05) is 340 Å². The van der Waals surface area contributed by atoms with Gasteiger partial charge in [0.05, 0.1) is 42.2 Å². The molecular formula is C129H188N16OS2. The third kappa shape index (κ3) is 58.6. The van der Waals surface area contributed by atoms with Crippen LogP contribution in [0.1, 0.15) is 387 Å². The molecule has 15 heterocycles. The molecule has 3 aliphatic rings. The number of thiophene rings is 2. The molecule has 2 aromatic carbocycles. The van der Waals surface area contributed by atoms with Crippen molar-refractivity contribution in [2.75, 3.05) is 19.6 Å². The molecule has 148 heavy (non-hydrogen) atoms. The Morgan fingerprint density at radius 1 is 0.372 bits per heavy atom. The molecule has 17 rings (SSSR count). The van der Waals surface area contributed by atoms with Gasteiger partial charge in [-0.2, -0.15) is 21.5 Å². The van der Waals surface area contributed by atoms with E-state index in [9.17, 15) is 0 Å². The number of aryl methyl sites for hydroxylation is 3. The van der Waals surface area contributed by atoms with Gasteiger partial charge >= 0.3 is 0 Å². The maximum Gasteiger partial charge on any atom is 0.180 e. The average Bonchev–Trinajstić information content (AvgIpc) is 1.29. The highest BCUT2D eigenvalue weighted by atomic mass is 32.1. The molecule has 802 valence electrons. The number of fused-ring (bicyclic) bond motifs is 1. The number of nitrogens with zero attached hydrogens (tertiary/aromatic N) is 16. The fourth-order valence-electron chi connectivity index (χ4n) is 12.6. The first kappa shape index (κ1) is 132. The standard InChI is InChI=1S/C12H13N.C10H14.C9H13N.C8H14N2.C8H13N.4C8H11N.2C8H12S.C7H10N2.C7H12N2.2C7H11N.C6H9NO/c1-9(2)11-7-10-5-3-4-6-12(10)13-8-11;1-10(2,3)9-7-5-4-6-8-9;1-9(2,3)8-6-4-5-7-10-8;1-6(2)8-5-7(3)10(4)9-8;1-6(2)8-4-7(3)5-9-8;2*1-7(2)8-3-5-9-6-4-8;1-7(2)8-4-3-5-9-6-8;1-7(2)8-5-3-4-6-9-8;1-8(2,3)7-4-5-9-6-7;1-8(2,3)7-5-4-6-9-7;1-6(2)7-3-8-5-9-4-7;1-6(2)7-4-5-9(3)8-7;1-6(2)7-3-4-8-5-7;1-6(2)7-4-3-5-8-7;1-5(2)6-3-8-4-7-6/h3-9H,1-2H3;4-8H,1-3H3;4-7H,1-3H3;5-6H,1-4H3;4,6H,5H2,1-3H3;4*3-7H,1-2H3;2*4-6H,1-3H3;3-6H,1-2H3;4-6H,1-3H3;3,5-6H,4H2,1-2H3;3-4,6H,5H2,1-2H3;3-5H,1-2H3. The predicted molar refractivity (Wildman–Crippen MR) is 643 cm³/mol. The van der Waals surface area contributed by atoms with E-state index in [1.807, 2.05) is 194 Å². The van der Waals surface area contributed by atoms with E-state index < -0.39 is 0 Å². The molecule has 0 atom stereocenters. The fourth-order valence-corrected chi connectivity index (χ4v) is 14.3. The van der Waals surface area contributed by atoms with Crippen LogP contribution in [0, 0.1) is 24.7 Å².